The van der Waals surface area contributed by atoms with Crippen LogP contribution < -0.4 is 5.32 Å². The third kappa shape index (κ3) is 5.81. The van der Waals surface area contributed by atoms with Crippen molar-refractivity contribution in [2.75, 3.05) is 13.1 Å². The second kappa shape index (κ2) is 10.4. The maximum atomic E-state index is 13.1. The molecule has 0 bridgehead atoms. The number of hydrogen-bond donors (Lipinski definition) is 2. The second-order valence-corrected chi connectivity index (χ2v) is 8.30. The number of aliphatic hydroxyl groups excluding tert-OH is 1. The minimum absolute atomic E-state index is 0.00773. The Hall–Kier alpha value is -2.95. The van der Waals surface area contributed by atoms with Crippen LogP contribution in [-0.4, -0.2) is 35.1 Å². The maximum Gasteiger partial charge on any atom is 0.232 e. The second-order valence-electron chi connectivity index (χ2n) is 8.30. The Kier molecular flexibility index (Phi) is 7.13. The summed E-state index contributed by atoms with van der Waals surface area (Å²) >= 11 is 0. The van der Waals surface area contributed by atoms with Crippen LogP contribution in [0.2, 0.25) is 0 Å². The predicted octanol–water partition coefficient (Wildman–Crippen LogP) is 4.09. The van der Waals surface area contributed by atoms with E-state index in [4.69, 9.17) is 0 Å². The lowest BCUT2D eigenvalue weighted by molar-refractivity contribution is -0.121. The molecule has 160 valence electrons. The number of benzene rings is 3. The summed E-state index contributed by atoms with van der Waals surface area (Å²) in [7, 11) is 0. The maximum absolute atomic E-state index is 13.1. The van der Waals surface area contributed by atoms with Crippen LogP contribution in [-0.2, 0) is 17.9 Å². The zero-order valence-electron chi connectivity index (χ0n) is 17.8. The first-order valence-corrected chi connectivity index (χ1v) is 11.0. The predicted molar refractivity (Wildman–Crippen MR) is 124 cm³/mol. The van der Waals surface area contributed by atoms with Crippen molar-refractivity contribution in [3.63, 3.8) is 0 Å². The summed E-state index contributed by atoms with van der Waals surface area (Å²) in [6, 6.07) is 28.3. The van der Waals surface area contributed by atoms with Gasteiger partial charge in [-0.3, -0.25) is 9.69 Å². The first-order chi connectivity index (χ1) is 15.2. The molecular weight excluding hydrogens is 384 g/mol. The van der Waals surface area contributed by atoms with Crippen molar-refractivity contribution in [3.05, 3.63) is 107 Å². The van der Waals surface area contributed by atoms with E-state index in [-0.39, 0.29) is 17.9 Å². The van der Waals surface area contributed by atoms with Crippen molar-refractivity contribution >= 4 is 5.91 Å². The van der Waals surface area contributed by atoms with Crippen molar-refractivity contribution in [2.45, 2.75) is 38.0 Å². The number of nitrogens with one attached hydrogen (secondary N) is 1. The zero-order valence-corrected chi connectivity index (χ0v) is 17.8. The van der Waals surface area contributed by atoms with Gasteiger partial charge in [0.25, 0.3) is 0 Å². The van der Waals surface area contributed by atoms with Gasteiger partial charge in [0, 0.05) is 26.2 Å². The van der Waals surface area contributed by atoms with Crippen molar-refractivity contribution in [3.8, 4) is 0 Å². The Balaban J connectivity index is 1.37. The molecule has 0 spiro atoms. The highest BCUT2D eigenvalue weighted by atomic mass is 16.3. The molecule has 0 aromatic heterocycles. The molecule has 1 saturated heterocycles. The molecule has 2 N–H and O–H groups in total. The lowest BCUT2D eigenvalue weighted by atomic mass is 9.90. The first-order valence-electron chi connectivity index (χ1n) is 11.0. The van der Waals surface area contributed by atoms with E-state index < -0.39 is 0 Å². The largest absolute Gasteiger partial charge is 0.393 e. The van der Waals surface area contributed by atoms with Crippen LogP contribution in [0.1, 0.15) is 41.0 Å². The molecule has 0 saturated carbocycles. The molecule has 1 amide bonds. The molecule has 1 heterocycles. The van der Waals surface area contributed by atoms with E-state index >= 15 is 0 Å². The highest BCUT2D eigenvalue weighted by Gasteiger charge is 2.22. The number of aliphatic hydroxyl groups is 1. The van der Waals surface area contributed by atoms with E-state index in [2.05, 4.69) is 34.5 Å². The number of likely N-dealkylation sites (tertiary alicyclic amines) is 1. The van der Waals surface area contributed by atoms with Gasteiger partial charge in [0.1, 0.15) is 0 Å². The summed E-state index contributed by atoms with van der Waals surface area (Å²) in [5, 5.41) is 12.8. The lowest BCUT2D eigenvalue weighted by Gasteiger charge is -2.29. The molecular formula is C27H30N2O2. The number of hydrogen-bond acceptors (Lipinski definition) is 3. The molecule has 3 aromatic rings. The van der Waals surface area contributed by atoms with Crippen LogP contribution in [0.25, 0.3) is 0 Å². The molecule has 0 atom stereocenters. The van der Waals surface area contributed by atoms with Crippen LogP contribution >= 0.6 is 0 Å². The summed E-state index contributed by atoms with van der Waals surface area (Å²) in [5.41, 5.74) is 4.34. The van der Waals surface area contributed by atoms with Gasteiger partial charge in [-0.05, 0) is 35.1 Å². The third-order valence-corrected chi connectivity index (χ3v) is 5.98. The molecule has 1 fully saturated rings. The van der Waals surface area contributed by atoms with E-state index in [0.29, 0.717) is 6.54 Å². The van der Waals surface area contributed by atoms with E-state index in [1.807, 2.05) is 60.7 Å². The number of nitrogens with zero attached hydrogens (tertiary/aromatic N) is 1. The Morgan fingerprint density at radius 2 is 1.35 bits per heavy atom. The van der Waals surface area contributed by atoms with Gasteiger partial charge in [0.15, 0.2) is 0 Å². The van der Waals surface area contributed by atoms with Gasteiger partial charge >= 0.3 is 0 Å². The van der Waals surface area contributed by atoms with E-state index in [1.165, 1.54) is 5.56 Å². The van der Waals surface area contributed by atoms with Crippen LogP contribution in [0.5, 0.6) is 0 Å². The Bertz CT molecular complexity index is 910. The highest BCUT2D eigenvalue weighted by Crippen LogP contribution is 2.25. The van der Waals surface area contributed by atoms with Gasteiger partial charge in [-0.25, -0.2) is 0 Å². The van der Waals surface area contributed by atoms with Gasteiger partial charge in [-0.15, -0.1) is 0 Å². The minimum atomic E-state index is -0.323. The van der Waals surface area contributed by atoms with E-state index in [9.17, 15) is 9.90 Å². The van der Waals surface area contributed by atoms with Crippen molar-refractivity contribution < 1.29 is 9.90 Å². The molecule has 0 unspecified atom stereocenters. The summed E-state index contributed by atoms with van der Waals surface area (Å²) in [5.74, 6) is -0.315. The van der Waals surface area contributed by atoms with Crippen molar-refractivity contribution in [1.29, 1.82) is 0 Å². The van der Waals surface area contributed by atoms with Crippen LogP contribution in [0.4, 0.5) is 0 Å². The summed E-state index contributed by atoms with van der Waals surface area (Å²) in [4.78, 5) is 15.5. The summed E-state index contributed by atoms with van der Waals surface area (Å²) < 4.78 is 0. The molecule has 0 aliphatic carbocycles. The molecule has 3 aromatic carbocycles. The smallest absolute Gasteiger partial charge is 0.232 e. The van der Waals surface area contributed by atoms with Gasteiger partial charge in [-0.1, -0.05) is 84.9 Å². The standard InChI is InChI=1S/C27H30N2O2/c30-25-15-17-29(18-16-25)20-22-13-11-21(12-14-22)19-28-27(31)26(23-7-3-1-4-8-23)24-9-5-2-6-10-24/h1-14,25-26,30H,15-20H2,(H,28,31). The molecule has 4 rings (SSSR count). The van der Waals surface area contributed by atoms with Gasteiger partial charge in [-0.2, -0.15) is 0 Å². The molecule has 1 aliphatic rings. The van der Waals surface area contributed by atoms with Crippen molar-refractivity contribution in [1.82, 2.24) is 10.2 Å². The van der Waals surface area contributed by atoms with Crippen molar-refractivity contribution in [2.24, 2.45) is 0 Å². The average molecular weight is 415 g/mol. The normalized spacial score (nSPS) is 15.2. The number of carbonyl (C=O) groups excluding carboxylic acids is 1. The molecule has 31 heavy (non-hydrogen) atoms. The third-order valence-electron chi connectivity index (χ3n) is 5.98. The highest BCUT2D eigenvalue weighted by molar-refractivity contribution is 5.87. The minimum Gasteiger partial charge on any atom is -0.393 e. The Labute approximate surface area is 184 Å². The van der Waals surface area contributed by atoms with Gasteiger partial charge in [0.2, 0.25) is 5.91 Å². The molecule has 4 heteroatoms. The molecule has 4 nitrogen and oxygen atoms in total. The van der Waals surface area contributed by atoms with E-state index in [0.717, 1.165) is 49.2 Å². The zero-order chi connectivity index (χ0) is 21.5. The van der Waals surface area contributed by atoms with Crippen LogP contribution in [0.15, 0.2) is 84.9 Å². The topological polar surface area (TPSA) is 52.6 Å². The SMILES string of the molecule is O=C(NCc1ccc(CN2CCC(O)CC2)cc1)C(c1ccccc1)c1ccccc1. The van der Waals surface area contributed by atoms with E-state index in [1.54, 1.807) is 0 Å². The quantitative estimate of drug-likeness (QED) is 0.612. The Morgan fingerprint density at radius 3 is 1.90 bits per heavy atom. The summed E-state index contributed by atoms with van der Waals surface area (Å²) in [6.07, 6.45) is 1.57. The number of rotatable bonds is 7. The molecule has 1 aliphatic heterocycles. The lowest BCUT2D eigenvalue weighted by Crippen LogP contribution is -2.35. The number of amides is 1. The fourth-order valence-electron chi connectivity index (χ4n) is 4.18. The fourth-order valence-corrected chi connectivity index (χ4v) is 4.18. The summed E-state index contributed by atoms with van der Waals surface area (Å²) in [6.45, 7) is 3.30. The van der Waals surface area contributed by atoms with Gasteiger partial charge in [0.05, 0.1) is 12.0 Å². The van der Waals surface area contributed by atoms with Crippen LogP contribution in [0.3, 0.4) is 0 Å². The average Bonchev–Trinajstić information content (AvgIpc) is 2.82. The monoisotopic (exact) mass is 414 g/mol. The van der Waals surface area contributed by atoms with Crippen LogP contribution in [0, 0.1) is 0 Å². The fraction of sp³-hybridized carbons (Fsp3) is 0.296. The molecule has 0 radical (unpaired) electrons. The number of carbonyl (C=O) groups is 1. The van der Waals surface area contributed by atoms with Gasteiger partial charge < -0.3 is 10.4 Å². The number of piperidine rings is 1. The Morgan fingerprint density at radius 1 is 0.839 bits per heavy atom. The first kappa shape index (κ1) is 21.3.